The van der Waals surface area contributed by atoms with Gasteiger partial charge in [-0.15, -0.1) is 0 Å². The van der Waals surface area contributed by atoms with Crippen LogP contribution in [0.2, 0.25) is 0 Å². The summed E-state index contributed by atoms with van der Waals surface area (Å²) in [5.41, 5.74) is 2.48. The lowest BCUT2D eigenvalue weighted by Crippen LogP contribution is -2.56. The lowest BCUT2D eigenvalue weighted by atomic mass is 10.00. The number of nitrogens with one attached hydrogen (secondary N) is 1. The Morgan fingerprint density at radius 2 is 1.59 bits per heavy atom. The van der Waals surface area contributed by atoms with Crippen LogP contribution in [0.15, 0.2) is 42.5 Å². The first kappa shape index (κ1) is 30.3. The van der Waals surface area contributed by atoms with Crippen molar-refractivity contribution in [3.8, 4) is 11.3 Å². The average Bonchev–Trinajstić information content (AvgIpc) is 2.92. The van der Waals surface area contributed by atoms with Crippen molar-refractivity contribution in [2.75, 3.05) is 45.6 Å². The van der Waals surface area contributed by atoms with E-state index in [2.05, 4.69) is 10.3 Å². The van der Waals surface area contributed by atoms with E-state index < -0.39 is 31.5 Å². The molecule has 0 spiro atoms. The average molecular weight is 561 g/mol. The SMILES string of the molecule is CCOP(=O)(C[C@H](NC(=O)c1cc(C(C)C)cc(-c2ccccc2)n1)C(=O)N1CCN(C(=O)O)CC1)OCC. The highest BCUT2D eigenvalue weighted by Crippen LogP contribution is 2.48. The van der Waals surface area contributed by atoms with Crippen molar-refractivity contribution in [2.45, 2.75) is 39.7 Å². The number of rotatable bonds is 11. The van der Waals surface area contributed by atoms with Crippen LogP contribution in [0.3, 0.4) is 0 Å². The number of piperazine rings is 1. The van der Waals surface area contributed by atoms with E-state index in [-0.39, 0.29) is 57.2 Å². The highest BCUT2D eigenvalue weighted by Gasteiger charge is 2.37. The van der Waals surface area contributed by atoms with Crippen molar-refractivity contribution >= 4 is 25.5 Å². The van der Waals surface area contributed by atoms with Crippen LogP contribution in [0.1, 0.15) is 49.7 Å². The number of carbonyl (C=O) groups is 3. The molecule has 1 aromatic carbocycles. The fourth-order valence-electron chi connectivity index (χ4n) is 4.27. The van der Waals surface area contributed by atoms with E-state index in [0.717, 1.165) is 11.1 Å². The molecule has 0 saturated carbocycles. The molecule has 11 nitrogen and oxygen atoms in total. The summed E-state index contributed by atoms with van der Waals surface area (Å²) in [6.07, 6.45) is -1.43. The molecule has 3 amide bonds. The van der Waals surface area contributed by atoms with Gasteiger partial charge in [-0.3, -0.25) is 14.2 Å². The highest BCUT2D eigenvalue weighted by atomic mass is 31.2. The van der Waals surface area contributed by atoms with Crippen LogP contribution < -0.4 is 5.32 Å². The molecule has 0 radical (unpaired) electrons. The minimum absolute atomic E-state index is 0.0991. The van der Waals surface area contributed by atoms with Gasteiger partial charge in [0.1, 0.15) is 11.7 Å². The Balaban J connectivity index is 1.92. The Morgan fingerprint density at radius 1 is 1.00 bits per heavy atom. The van der Waals surface area contributed by atoms with Crippen LogP contribution >= 0.6 is 7.60 Å². The normalized spacial score (nSPS) is 14.8. The van der Waals surface area contributed by atoms with Gasteiger partial charge in [0.15, 0.2) is 0 Å². The van der Waals surface area contributed by atoms with E-state index in [0.29, 0.717) is 5.69 Å². The Labute approximate surface area is 229 Å². The summed E-state index contributed by atoms with van der Waals surface area (Å²) in [6, 6.07) is 11.8. The smallest absolute Gasteiger partial charge is 0.407 e. The number of hydrogen-bond donors (Lipinski definition) is 2. The number of aromatic nitrogens is 1. The van der Waals surface area contributed by atoms with Crippen molar-refractivity contribution in [3.63, 3.8) is 0 Å². The van der Waals surface area contributed by atoms with Gasteiger partial charge >= 0.3 is 13.7 Å². The monoisotopic (exact) mass is 560 g/mol. The molecule has 1 saturated heterocycles. The lowest BCUT2D eigenvalue weighted by molar-refractivity contribution is -0.134. The molecule has 3 rings (SSSR count). The molecule has 0 unspecified atom stereocenters. The Hall–Kier alpha value is -3.27. The number of pyridine rings is 1. The predicted octanol–water partition coefficient (Wildman–Crippen LogP) is 4.06. The standard InChI is InChI=1S/C27H37N4O7P/c1-5-37-39(36,38-6-2)18-24(26(33)30-12-14-31(15-13-30)27(34)35)29-25(32)23-17-21(19(3)4)16-22(28-23)20-10-8-7-9-11-20/h7-11,16-17,19,24H,5-6,12-15,18H2,1-4H3,(H,29,32)(H,34,35)/t24-/m0/s1. The van der Waals surface area contributed by atoms with Crippen LogP contribution in [-0.2, 0) is 18.4 Å². The van der Waals surface area contributed by atoms with Gasteiger partial charge < -0.3 is 29.3 Å². The molecule has 0 aliphatic carbocycles. The quantitative estimate of drug-likeness (QED) is 0.393. The maximum atomic E-state index is 13.6. The van der Waals surface area contributed by atoms with E-state index in [1.807, 2.05) is 50.2 Å². The number of hydrogen-bond acceptors (Lipinski definition) is 7. The van der Waals surface area contributed by atoms with Crippen LogP contribution in [-0.4, -0.2) is 89.4 Å². The van der Waals surface area contributed by atoms with Gasteiger partial charge in [-0.1, -0.05) is 44.2 Å². The summed E-state index contributed by atoms with van der Waals surface area (Å²) >= 11 is 0. The van der Waals surface area contributed by atoms with Crippen molar-refractivity contribution in [1.29, 1.82) is 0 Å². The molecule has 12 heteroatoms. The third-order valence-corrected chi connectivity index (χ3v) is 8.46. The van der Waals surface area contributed by atoms with Crippen molar-refractivity contribution in [3.05, 3.63) is 53.7 Å². The largest absolute Gasteiger partial charge is 0.465 e. The summed E-state index contributed by atoms with van der Waals surface area (Å²) in [5, 5.41) is 12.0. The first-order valence-corrected chi connectivity index (χ1v) is 14.8. The first-order valence-electron chi connectivity index (χ1n) is 13.1. The minimum atomic E-state index is -3.73. The molecular formula is C27H37N4O7P. The number of carboxylic acid groups (broad SMARTS) is 1. The van der Waals surface area contributed by atoms with Crippen molar-refractivity contribution in [1.82, 2.24) is 20.1 Å². The molecule has 212 valence electrons. The second kappa shape index (κ2) is 13.7. The van der Waals surface area contributed by atoms with E-state index in [1.165, 1.54) is 9.80 Å². The molecule has 1 aliphatic heterocycles. The topological polar surface area (TPSA) is 138 Å². The van der Waals surface area contributed by atoms with E-state index in [4.69, 9.17) is 9.05 Å². The Kier molecular flexibility index (Phi) is 10.6. The van der Waals surface area contributed by atoms with E-state index in [1.54, 1.807) is 19.9 Å². The molecule has 1 aromatic heterocycles. The number of nitrogens with zero attached hydrogens (tertiary/aromatic N) is 3. The van der Waals surface area contributed by atoms with Crippen molar-refractivity contribution in [2.24, 2.45) is 0 Å². The first-order chi connectivity index (χ1) is 18.6. The molecule has 2 N–H and O–H groups in total. The van der Waals surface area contributed by atoms with E-state index in [9.17, 15) is 24.1 Å². The van der Waals surface area contributed by atoms with Gasteiger partial charge in [0, 0.05) is 31.7 Å². The van der Waals surface area contributed by atoms with Crippen molar-refractivity contribution < 1.29 is 33.1 Å². The second-order valence-corrected chi connectivity index (χ2v) is 11.5. The molecule has 2 heterocycles. The molecule has 2 aromatic rings. The fraction of sp³-hybridized carbons (Fsp3) is 0.481. The van der Waals surface area contributed by atoms with Crippen LogP contribution in [0.4, 0.5) is 4.79 Å². The number of amides is 3. The van der Waals surface area contributed by atoms with Gasteiger partial charge in [-0.2, -0.15) is 0 Å². The summed E-state index contributed by atoms with van der Waals surface area (Å²) in [4.78, 5) is 45.7. The third kappa shape index (κ3) is 8.11. The maximum absolute atomic E-state index is 13.6. The molecule has 0 bridgehead atoms. The summed E-state index contributed by atoms with van der Waals surface area (Å²) in [5.74, 6) is -0.978. The van der Waals surface area contributed by atoms with Gasteiger partial charge in [0.05, 0.1) is 25.1 Å². The zero-order chi connectivity index (χ0) is 28.6. The summed E-state index contributed by atoms with van der Waals surface area (Å²) in [6.45, 7) is 8.10. The van der Waals surface area contributed by atoms with Gasteiger partial charge in [-0.25, -0.2) is 9.78 Å². The van der Waals surface area contributed by atoms with Crippen LogP contribution in [0.5, 0.6) is 0 Å². The minimum Gasteiger partial charge on any atom is -0.465 e. The number of benzene rings is 1. The zero-order valence-electron chi connectivity index (χ0n) is 22.8. The second-order valence-electron chi connectivity index (χ2n) is 9.44. The predicted molar refractivity (Wildman–Crippen MR) is 147 cm³/mol. The van der Waals surface area contributed by atoms with Crippen LogP contribution in [0, 0.1) is 0 Å². The van der Waals surface area contributed by atoms with E-state index >= 15 is 0 Å². The summed E-state index contributed by atoms with van der Waals surface area (Å²) in [7, 11) is -3.73. The molecular weight excluding hydrogens is 523 g/mol. The Bertz CT molecular complexity index is 1190. The van der Waals surface area contributed by atoms with Gasteiger partial charge in [0.2, 0.25) is 5.91 Å². The molecule has 1 aliphatic rings. The third-order valence-electron chi connectivity index (χ3n) is 6.34. The molecule has 39 heavy (non-hydrogen) atoms. The maximum Gasteiger partial charge on any atom is 0.407 e. The number of carbonyl (C=O) groups excluding carboxylic acids is 2. The van der Waals surface area contributed by atoms with Crippen LogP contribution in [0.25, 0.3) is 11.3 Å². The lowest BCUT2D eigenvalue weighted by Gasteiger charge is -2.35. The summed E-state index contributed by atoms with van der Waals surface area (Å²) < 4.78 is 24.2. The Morgan fingerprint density at radius 3 is 2.13 bits per heavy atom. The molecule has 1 fully saturated rings. The molecule has 1 atom stereocenters. The zero-order valence-corrected chi connectivity index (χ0v) is 23.7. The fourth-order valence-corrected chi connectivity index (χ4v) is 6.04. The highest BCUT2D eigenvalue weighted by molar-refractivity contribution is 7.54. The van der Waals surface area contributed by atoms with Gasteiger partial charge in [0.25, 0.3) is 5.91 Å². The van der Waals surface area contributed by atoms with Gasteiger partial charge in [-0.05, 0) is 37.5 Å².